The lowest BCUT2D eigenvalue weighted by Gasteiger charge is -2.06. The lowest BCUT2D eigenvalue weighted by atomic mass is 10.2. The SMILES string of the molecule is CCCCCCCOc1nc(N)nc2[nH]ncc12. The van der Waals surface area contributed by atoms with Crippen molar-refractivity contribution < 1.29 is 4.74 Å². The number of nitrogen functional groups attached to an aromatic ring is 1. The molecule has 0 aliphatic rings. The number of rotatable bonds is 7. The number of anilines is 1. The molecule has 2 aromatic heterocycles. The number of ether oxygens (including phenoxy) is 1. The molecule has 0 fully saturated rings. The minimum absolute atomic E-state index is 0.202. The topological polar surface area (TPSA) is 89.7 Å². The van der Waals surface area contributed by atoms with Gasteiger partial charge in [0, 0.05) is 0 Å². The number of nitrogens with two attached hydrogens (primary N) is 1. The van der Waals surface area contributed by atoms with Crippen LogP contribution < -0.4 is 10.5 Å². The number of hydrogen-bond acceptors (Lipinski definition) is 5. The average molecular weight is 249 g/mol. The Hall–Kier alpha value is -1.85. The van der Waals surface area contributed by atoms with Gasteiger partial charge in [0.1, 0.15) is 5.39 Å². The Kier molecular flexibility index (Phi) is 4.33. The van der Waals surface area contributed by atoms with Gasteiger partial charge in [-0.2, -0.15) is 15.1 Å². The van der Waals surface area contributed by atoms with Gasteiger partial charge in [-0.3, -0.25) is 5.10 Å². The van der Waals surface area contributed by atoms with Gasteiger partial charge in [-0.1, -0.05) is 32.6 Å². The number of unbranched alkanes of at least 4 members (excludes halogenated alkanes) is 4. The Bertz CT molecular complexity index is 496. The van der Waals surface area contributed by atoms with Crippen molar-refractivity contribution in [3.05, 3.63) is 6.20 Å². The van der Waals surface area contributed by atoms with Gasteiger partial charge in [0.2, 0.25) is 11.8 Å². The molecule has 0 radical (unpaired) electrons. The number of fused-ring (bicyclic) bond motifs is 1. The highest BCUT2D eigenvalue weighted by atomic mass is 16.5. The zero-order valence-corrected chi connectivity index (χ0v) is 10.6. The highest BCUT2D eigenvalue weighted by molar-refractivity contribution is 5.80. The van der Waals surface area contributed by atoms with Gasteiger partial charge in [-0.05, 0) is 6.42 Å². The third-order valence-corrected chi connectivity index (χ3v) is 2.78. The standard InChI is InChI=1S/C12H19N5O/c1-2-3-4-5-6-7-18-11-9-8-14-17-10(9)15-12(13)16-11/h8H,2-7H2,1H3,(H3,13,14,15,16,17). The molecule has 0 saturated carbocycles. The van der Waals surface area contributed by atoms with Crippen molar-refractivity contribution in [3.8, 4) is 5.88 Å². The van der Waals surface area contributed by atoms with Crippen molar-refractivity contribution in [2.75, 3.05) is 12.3 Å². The smallest absolute Gasteiger partial charge is 0.229 e. The molecular weight excluding hydrogens is 230 g/mol. The molecule has 0 aliphatic carbocycles. The molecule has 2 rings (SSSR count). The van der Waals surface area contributed by atoms with Gasteiger partial charge in [-0.25, -0.2) is 0 Å². The minimum atomic E-state index is 0.202. The van der Waals surface area contributed by atoms with Crippen LogP contribution in [-0.4, -0.2) is 26.8 Å². The summed E-state index contributed by atoms with van der Waals surface area (Å²) in [5.74, 6) is 0.717. The lowest BCUT2D eigenvalue weighted by Crippen LogP contribution is -2.03. The van der Waals surface area contributed by atoms with E-state index in [0.717, 1.165) is 11.8 Å². The molecule has 6 nitrogen and oxygen atoms in total. The lowest BCUT2D eigenvalue weighted by molar-refractivity contribution is 0.297. The summed E-state index contributed by atoms with van der Waals surface area (Å²) < 4.78 is 5.65. The first-order valence-electron chi connectivity index (χ1n) is 6.40. The van der Waals surface area contributed by atoms with Crippen LogP contribution in [0.4, 0.5) is 5.95 Å². The van der Waals surface area contributed by atoms with Crippen LogP contribution in [-0.2, 0) is 0 Å². The summed E-state index contributed by atoms with van der Waals surface area (Å²) in [5, 5.41) is 7.44. The van der Waals surface area contributed by atoms with Crippen molar-refractivity contribution in [3.63, 3.8) is 0 Å². The van der Waals surface area contributed by atoms with E-state index in [1.54, 1.807) is 6.20 Å². The van der Waals surface area contributed by atoms with Gasteiger partial charge >= 0.3 is 0 Å². The maximum absolute atomic E-state index is 5.65. The molecule has 0 bridgehead atoms. The van der Waals surface area contributed by atoms with Crippen molar-refractivity contribution in [1.82, 2.24) is 20.2 Å². The number of nitrogens with one attached hydrogen (secondary N) is 1. The van der Waals surface area contributed by atoms with Gasteiger partial charge in [0.05, 0.1) is 12.8 Å². The predicted molar refractivity (Wildman–Crippen MR) is 70.4 cm³/mol. The first kappa shape index (κ1) is 12.6. The fraction of sp³-hybridized carbons (Fsp3) is 0.583. The summed E-state index contributed by atoms with van der Waals surface area (Å²) in [4.78, 5) is 8.13. The number of aromatic nitrogens is 4. The molecule has 3 N–H and O–H groups in total. The van der Waals surface area contributed by atoms with E-state index >= 15 is 0 Å². The molecule has 98 valence electrons. The van der Waals surface area contributed by atoms with Gasteiger partial charge in [-0.15, -0.1) is 0 Å². The minimum Gasteiger partial charge on any atom is -0.477 e. The molecule has 18 heavy (non-hydrogen) atoms. The monoisotopic (exact) mass is 249 g/mol. The Labute approximate surface area is 106 Å². The zero-order chi connectivity index (χ0) is 12.8. The molecule has 6 heteroatoms. The van der Waals surface area contributed by atoms with E-state index in [-0.39, 0.29) is 5.95 Å². The average Bonchev–Trinajstić information content (AvgIpc) is 2.81. The molecule has 0 amide bonds. The van der Waals surface area contributed by atoms with Crippen molar-refractivity contribution in [2.45, 2.75) is 39.0 Å². The largest absolute Gasteiger partial charge is 0.477 e. The Morgan fingerprint density at radius 2 is 2.06 bits per heavy atom. The summed E-state index contributed by atoms with van der Waals surface area (Å²) in [6.07, 6.45) is 7.66. The Morgan fingerprint density at radius 3 is 2.89 bits per heavy atom. The van der Waals surface area contributed by atoms with Crippen molar-refractivity contribution in [2.24, 2.45) is 0 Å². The fourth-order valence-electron chi connectivity index (χ4n) is 1.81. The van der Waals surface area contributed by atoms with Gasteiger partial charge in [0.25, 0.3) is 0 Å². The van der Waals surface area contributed by atoms with E-state index in [0.29, 0.717) is 18.1 Å². The summed E-state index contributed by atoms with van der Waals surface area (Å²) >= 11 is 0. The number of aromatic amines is 1. The van der Waals surface area contributed by atoms with E-state index < -0.39 is 0 Å². The maximum Gasteiger partial charge on any atom is 0.229 e. The van der Waals surface area contributed by atoms with Crippen molar-refractivity contribution >= 4 is 17.0 Å². The normalized spacial score (nSPS) is 10.9. The number of hydrogen-bond donors (Lipinski definition) is 2. The van der Waals surface area contributed by atoms with Crippen LogP contribution in [0.2, 0.25) is 0 Å². The van der Waals surface area contributed by atoms with E-state index in [4.69, 9.17) is 10.5 Å². The molecule has 2 aromatic rings. The predicted octanol–water partition coefficient (Wildman–Crippen LogP) is 2.28. The highest BCUT2D eigenvalue weighted by Gasteiger charge is 2.08. The second kappa shape index (κ2) is 6.18. The van der Waals surface area contributed by atoms with Crippen molar-refractivity contribution in [1.29, 1.82) is 0 Å². The first-order valence-corrected chi connectivity index (χ1v) is 6.40. The van der Waals surface area contributed by atoms with Crippen LogP contribution in [0.15, 0.2) is 6.20 Å². The quantitative estimate of drug-likeness (QED) is 0.735. The van der Waals surface area contributed by atoms with E-state index in [1.807, 2.05) is 0 Å². The third kappa shape index (κ3) is 3.09. The van der Waals surface area contributed by atoms with Gasteiger partial charge < -0.3 is 10.5 Å². The van der Waals surface area contributed by atoms with Crippen LogP contribution in [0.3, 0.4) is 0 Å². The summed E-state index contributed by atoms with van der Waals surface area (Å²) in [6, 6.07) is 0. The Balaban J connectivity index is 1.89. The van der Waals surface area contributed by atoms with Crippen LogP contribution >= 0.6 is 0 Å². The zero-order valence-electron chi connectivity index (χ0n) is 10.6. The number of H-pyrrole nitrogens is 1. The third-order valence-electron chi connectivity index (χ3n) is 2.78. The molecular formula is C12H19N5O. The molecule has 0 aromatic carbocycles. The second-order valence-electron chi connectivity index (χ2n) is 4.28. The van der Waals surface area contributed by atoms with E-state index in [2.05, 4.69) is 27.1 Å². The fourth-order valence-corrected chi connectivity index (χ4v) is 1.81. The van der Waals surface area contributed by atoms with Crippen LogP contribution in [0.1, 0.15) is 39.0 Å². The van der Waals surface area contributed by atoms with Gasteiger partial charge in [0.15, 0.2) is 5.65 Å². The second-order valence-corrected chi connectivity index (χ2v) is 4.28. The molecule has 0 spiro atoms. The van der Waals surface area contributed by atoms with Crippen LogP contribution in [0, 0.1) is 0 Å². The maximum atomic E-state index is 5.65. The molecule has 2 heterocycles. The molecule has 0 unspecified atom stereocenters. The number of nitrogens with zero attached hydrogens (tertiary/aromatic N) is 3. The molecule has 0 atom stereocenters. The van der Waals surface area contributed by atoms with Crippen LogP contribution in [0.25, 0.3) is 11.0 Å². The molecule has 0 saturated heterocycles. The van der Waals surface area contributed by atoms with E-state index in [9.17, 15) is 0 Å². The van der Waals surface area contributed by atoms with E-state index in [1.165, 1.54) is 25.7 Å². The molecule has 0 aliphatic heterocycles. The Morgan fingerprint density at radius 1 is 1.22 bits per heavy atom. The van der Waals surface area contributed by atoms with Crippen LogP contribution in [0.5, 0.6) is 5.88 Å². The summed E-state index contributed by atoms with van der Waals surface area (Å²) in [5.41, 5.74) is 6.22. The summed E-state index contributed by atoms with van der Waals surface area (Å²) in [6.45, 7) is 2.86. The highest BCUT2D eigenvalue weighted by Crippen LogP contribution is 2.21. The summed E-state index contributed by atoms with van der Waals surface area (Å²) in [7, 11) is 0. The first-order chi connectivity index (χ1) is 8.81.